The van der Waals surface area contributed by atoms with E-state index >= 15 is 0 Å². The SMILES string of the molecule is C1=C\C=C/N=C\C=C/1.Cl. The Kier molecular flexibility index (Phi) is 4.83. The van der Waals surface area contributed by atoms with E-state index in [0.29, 0.717) is 0 Å². The molecule has 0 bridgehead atoms. The summed E-state index contributed by atoms with van der Waals surface area (Å²) < 4.78 is 0. The summed E-state index contributed by atoms with van der Waals surface area (Å²) in [5, 5.41) is 0. The second kappa shape index (κ2) is 5.32. The fraction of sp³-hybridized carbons (Fsp3) is 0. The first kappa shape index (κ1) is 8.18. The first-order valence-electron chi connectivity index (χ1n) is 2.52. The van der Waals surface area contributed by atoms with Crippen molar-refractivity contribution in [3.63, 3.8) is 0 Å². The maximum Gasteiger partial charge on any atom is 0.0267 e. The number of nitrogens with zero attached hydrogens (tertiary/aromatic N) is 1. The first-order chi connectivity index (χ1) is 4.00. The van der Waals surface area contributed by atoms with Gasteiger partial charge in [-0.3, -0.25) is 4.99 Å². The third-order valence-electron chi connectivity index (χ3n) is 0.789. The van der Waals surface area contributed by atoms with E-state index < -0.39 is 0 Å². The van der Waals surface area contributed by atoms with Gasteiger partial charge in [0.05, 0.1) is 0 Å². The summed E-state index contributed by atoms with van der Waals surface area (Å²) >= 11 is 0. The second-order valence-electron chi connectivity index (χ2n) is 1.41. The Morgan fingerprint density at radius 2 is 1.44 bits per heavy atom. The van der Waals surface area contributed by atoms with Crippen molar-refractivity contribution in [2.75, 3.05) is 0 Å². The molecule has 48 valence electrons. The summed E-state index contributed by atoms with van der Waals surface area (Å²) in [6, 6.07) is 0. The molecule has 0 atom stereocenters. The Morgan fingerprint density at radius 3 is 2.33 bits per heavy atom. The summed E-state index contributed by atoms with van der Waals surface area (Å²) in [6.07, 6.45) is 13.1. The predicted octanol–water partition coefficient (Wildman–Crippen LogP) is 2.12. The van der Waals surface area contributed by atoms with Gasteiger partial charge in [0, 0.05) is 12.4 Å². The van der Waals surface area contributed by atoms with Crippen LogP contribution in [-0.2, 0) is 0 Å². The molecule has 0 aromatic heterocycles. The molecule has 0 spiro atoms. The van der Waals surface area contributed by atoms with Gasteiger partial charge >= 0.3 is 0 Å². The summed E-state index contributed by atoms with van der Waals surface area (Å²) in [5.74, 6) is 0. The molecule has 0 N–H and O–H groups in total. The highest BCUT2D eigenvalue weighted by Crippen LogP contribution is 1.83. The van der Waals surface area contributed by atoms with Crippen LogP contribution < -0.4 is 0 Å². The van der Waals surface area contributed by atoms with Crippen molar-refractivity contribution in [1.82, 2.24) is 0 Å². The molecule has 1 aliphatic heterocycles. The molecule has 0 saturated carbocycles. The van der Waals surface area contributed by atoms with Gasteiger partial charge in [0.25, 0.3) is 0 Å². The number of rotatable bonds is 0. The van der Waals surface area contributed by atoms with Gasteiger partial charge in [-0.2, -0.15) is 0 Å². The highest BCUT2D eigenvalue weighted by molar-refractivity contribution is 5.85. The van der Waals surface area contributed by atoms with Crippen molar-refractivity contribution >= 4 is 18.6 Å². The minimum atomic E-state index is 0. The summed E-state index contributed by atoms with van der Waals surface area (Å²) in [6.45, 7) is 0. The lowest BCUT2D eigenvalue weighted by Crippen LogP contribution is -1.63. The molecular formula is C7H8ClN. The van der Waals surface area contributed by atoms with Gasteiger partial charge in [-0.25, -0.2) is 0 Å². The number of aliphatic imine (C=N–C) groups is 1. The zero-order chi connectivity index (χ0) is 5.66. The maximum absolute atomic E-state index is 3.89. The van der Waals surface area contributed by atoms with Crippen molar-refractivity contribution in [1.29, 1.82) is 0 Å². The molecule has 0 aliphatic carbocycles. The Hall–Kier alpha value is -0.820. The topological polar surface area (TPSA) is 12.4 Å². The molecule has 2 heteroatoms. The molecule has 0 fully saturated rings. The Morgan fingerprint density at radius 1 is 0.778 bits per heavy atom. The van der Waals surface area contributed by atoms with Crippen LogP contribution in [-0.4, -0.2) is 6.21 Å². The van der Waals surface area contributed by atoms with Crippen molar-refractivity contribution in [2.24, 2.45) is 4.99 Å². The quantitative estimate of drug-likeness (QED) is 0.490. The Balaban J connectivity index is 0.000000640. The van der Waals surface area contributed by atoms with E-state index in [-0.39, 0.29) is 12.4 Å². The lowest BCUT2D eigenvalue weighted by Gasteiger charge is -1.77. The van der Waals surface area contributed by atoms with Gasteiger partial charge in [0.2, 0.25) is 0 Å². The fourth-order valence-corrected chi connectivity index (χ4v) is 0.441. The lowest BCUT2D eigenvalue weighted by molar-refractivity contribution is 1.58. The molecule has 1 rings (SSSR count). The number of allylic oxidation sites excluding steroid dienone is 5. The molecule has 1 heterocycles. The van der Waals surface area contributed by atoms with Crippen molar-refractivity contribution in [3.05, 3.63) is 36.6 Å². The molecule has 0 aromatic rings. The molecule has 1 nitrogen and oxygen atoms in total. The number of halogens is 1. The van der Waals surface area contributed by atoms with Crippen LogP contribution in [0.3, 0.4) is 0 Å². The van der Waals surface area contributed by atoms with Crippen molar-refractivity contribution in [2.45, 2.75) is 0 Å². The molecule has 0 aromatic carbocycles. The standard InChI is InChI=1S/C7H7N.ClH/c1-2-4-6-8-7-5-3-1;/h1-7H;1H/b2-1-,3-1?,4-2?,5-3-,6-4-,7-5?,8-6?,8-7-;. The third-order valence-corrected chi connectivity index (χ3v) is 0.789. The number of hydrogen-bond acceptors (Lipinski definition) is 1. The molecule has 0 saturated heterocycles. The molecule has 0 unspecified atom stereocenters. The van der Waals surface area contributed by atoms with E-state index in [9.17, 15) is 0 Å². The fourth-order valence-electron chi connectivity index (χ4n) is 0.441. The van der Waals surface area contributed by atoms with Gasteiger partial charge in [-0.15, -0.1) is 12.4 Å². The zero-order valence-corrected chi connectivity index (χ0v) is 5.71. The average Bonchev–Trinajstić information content (AvgIpc) is 1.62. The molecular weight excluding hydrogens is 134 g/mol. The van der Waals surface area contributed by atoms with Crippen LogP contribution in [0.1, 0.15) is 0 Å². The summed E-state index contributed by atoms with van der Waals surface area (Å²) in [5.41, 5.74) is 0. The normalized spacial score (nSPS) is 28.4. The maximum atomic E-state index is 3.89. The van der Waals surface area contributed by atoms with E-state index in [1.54, 1.807) is 12.4 Å². The highest BCUT2D eigenvalue weighted by Gasteiger charge is 1.65. The van der Waals surface area contributed by atoms with Crippen LogP contribution in [0.15, 0.2) is 41.6 Å². The van der Waals surface area contributed by atoms with E-state index in [0.717, 1.165) is 0 Å². The average molecular weight is 142 g/mol. The van der Waals surface area contributed by atoms with Gasteiger partial charge in [0.1, 0.15) is 0 Å². The summed E-state index contributed by atoms with van der Waals surface area (Å²) in [4.78, 5) is 3.89. The number of hydrogen-bond donors (Lipinski definition) is 0. The van der Waals surface area contributed by atoms with Crippen LogP contribution >= 0.6 is 12.4 Å². The molecule has 0 radical (unpaired) electrons. The van der Waals surface area contributed by atoms with Gasteiger partial charge in [-0.05, 0) is 12.2 Å². The van der Waals surface area contributed by atoms with E-state index in [4.69, 9.17) is 0 Å². The third kappa shape index (κ3) is 3.74. The largest absolute Gasteiger partial charge is 0.265 e. The highest BCUT2D eigenvalue weighted by atomic mass is 35.5. The predicted molar refractivity (Wildman–Crippen MR) is 43.2 cm³/mol. The van der Waals surface area contributed by atoms with Gasteiger partial charge in [0.15, 0.2) is 0 Å². The minimum Gasteiger partial charge on any atom is -0.265 e. The monoisotopic (exact) mass is 141 g/mol. The van der Waals surface area contributed by atoms with E-state index in [1.165, 1.54) is 0 Å². The lowest BCUT2D eigenvalue weighted by atomic mass is 10.4. The smallest absolute Gasteiger partial charge is 0.0267 e. The minimum absolute atomic E-state index is 0. The Bertz CT molecular complexity index is 110. The van der Waals surface area contributed by atoms with Crippen molar-refractivity contribution in [3.8, 4) is 0 Å². The molecule has 1 aliphatic rings. The van der Waals surface area contributed by atoms with Crippen LogP contribution in [0, 0.1) is 0 Å². The van der Waals surface area contributed by atoms with Crippen molar-refractivity contribution < 1.29 is 0 Å². The van der Waals surface area contributed by atoms with Gasteiger partial charge in [-0.1, -0.05) is 18.2 Å². The van der Waals surface area contributed by atoms with Crippen LogP contribution in [0.2, 0.25) is 0 Å². The Labute approximate surface area is 60.9 Å². The molecule has 9 heavy (non-hydrogen) atoms. The molecule has 0 amide bonds. The van der Waals surface area contributed by atoms with Gasteiger partial charge < -0.3 is 0 Å². The van der Waals surface area contributed by atoms with Crippen LogP contribution in [0.25, 0.3) is 0 Å². The zero-order valence-electron chi connectivity index (χ0n) is 4.90. The summed E-state index contributed by atoms with van der Waals surface area (Å²) in [7, 11) is 0. The van der Waals surface area contributed by atoms with Crippen LogP contribution in [0.5, 0.6) is 0 Å². The second-order valence-corrected chi connectivity index (χ2v) is 1.41. The van der Waals surface area contributed by atoms with E-state index in [1.807, 2.05) is 30.4 Å². The first-order valence-corrected chi connectivity index (χ1v) is 2.52. The van der Waals surface area contributed by atoms with E-state index in [2.05, 4.69) is 4.99 Å². The van der Waals surface area contributed by atoms with Crippen LogP contribution in [0.4, 0.5) is 0 Å².